The first-order chi connectivity index (χ1) is 10.1. The van der Waals surface area contributed by atoms with Crippen LogP contribution in [0.25, 0.3) is 0 Å². The number of carbonyl (C=O) groups excluding carboxylic acids is 2. The third kappa shape index (κ3) is 4.41. The number of rotatable bonds is 4. The summed E-state index contributed by atoms with van der Waals surface area (Å²) in [6.45, 7) is 3.42. The molecule has 0 unspecified atom stereocenters. The van der Waals surface area contributed by atoms with E-state index < -0.39 is 0 Å². The van der Waals surface area contributed by atoms with Gasteiger partial charge in [-0.25, -0.2) is 0 Å². The quantitative estimate of drug-likeness (QED) is 0.785. The Hall–Kier alpha value is -1.14. The fourth-order valence-corrected chi connectivity index (χ4v) is 3.26. The van der Waals surface area contributed by atoms with Crippen LogP contribution in [-0.4, -0.2) is 78.9 Å². The normalized spacial score (nSPS) is 21.3. The van der Waals surface area contributed by atoms with Crippen LogP contribution in [0.5, 0.6) is 0 Å². The number of amides is 2. The summed E-state index contributed by atoms with van der Waals surface area (Å²) < 4.78 is 0. The van der Waals surface area contributed by atoms with E-state index >= 15 is 0 Å². The van der Waals surface area contributed by atoms with Crippen LogP contribution in [0, 0.1) is 0 Å². The summed E-state index contributed by atoms with van der Waals surface area (Å²) >= 11 is 0. The summed E-state index contributed by atoms with van der Waals surface area (Å²) in [6, 6.07) is 0.423. The maximum atomic E-state index is 12.4. The van der Waals surface area contributed by atoms with Crippen molar-refractivity contribution in [2.75, 3.05) is 46.3 Å². The monoisotopic (exact) mass is 296 g/mol. The Balaban J connectivity index is 1.74. The third-order valence-corrected chi connectivity index (χ3v) is 4.77. The average molecular weight is 296 g/mol. The van der Waals surface area contributed by atoms with Crippen LogP contribution < -0.4 is 5.73 Å². The van der Waals surface area contributed by atoms with Crippen LogP contribution in [-0.2, 0) is 9.59 Å². The van der Waals surface area contributed by atoms with Gasteiger partial charge in [0.15, 0.2) is 0 Å². The van der Waals surface area contributed by atoms with Crippen LogP contribution >= 0.6 is 0 Å². The van der Waals surface area contributed by atoms with Gasteiger partial charge >= 0.3 is 0 Å². The molecule has 2 fully saturated rings. The van der Waals surface area contributed by atoms with Crippen LogP contribution in [0.4, 0.5) is 0 Å². The molecule has 2 amide bonds. The van der Waals surface area contributed by atoms with E-state index in [9.17, 15) is 9.59 Å². The lowest BCUT2D eigenvalue weighted by atomic mass is 9.94. The first kappa shape index (κ1) is 16.2. The fourth-order valence-electron chi connectivity index (χ4n) is 3.26. The van der Waals surface area contributed by atoms with Crippen LogP contribution in [0.15, 0.2) is 0 Å². The molecule has 2 aliphatic rings. The predicted molar refractivity (Wildman–Crippen MR) is 81.7 cm³/mol. The van der Waals surface area contributed by atoms with Gasteiger partial charge in [-0.15, -0.1) is 0 Å². The summed E-state index contributed by atoms with van der Waals surface area (Å²) in [6.07, 6.45) is 6.06. The summed E-state index contributed by atoms with van der Waals surface area (Å²) in [5.74, 6) is 0.209. The Morgan fingerprint density at radius 1 is 1.10 bits per heavy atom. The summed E-state index contributed by atoms with van der Waals surface area (Å²) in [4.78, 5) is 29.7. The molecular formula is C15H28N4O2. The van der Waals surface area contributed by atoms with Gasteiger partial charge < -0.3 is 15.5 Å². The highest BCUT2D eigenvalue weighted by atomic mass is 16.2. The van der Waals surface area contributed by atoms with E-state index in [1.165, 1.54) is 19.3 Å². The van der Waals surface area contributed by atoms with Gasteiger partial charge in [-0.2, -0.15) is 0 Å². The van der Waals surface area contributed by atoms with Crippen LogP contribution in [0.3, 0.4) is 0 Å². The molecule has 0 aromatic rings. The fraction of sp³-hybridized carbons (Fsp3) is 0.867. The van der Waals surface area contributed by atoms with E-state index in [0.29, 0.717) is 25.7 Å². The molecule has 0 atom stereocenters. The number of nitrogens with two attached hydrogens (primary N) is 1. The van der Waals surface area contributed by atoms with Crippen LogP contribution in [0.2, 0.25) is 0 Å². The van der Waals surface area contributed by atoms with E-state index in [1.807, 2.05) is 11.9 Å². The maximum Gasteiger partial charge on any atom is 0.236 e. The second-order valence-electron chi connectivity index (χ2n) is 6.16. The molecule has 0 radical (unpaired) electrons. The van der Waals surface area contributed by atoms with Gasteiger partial charge in [0.2, 0.25) is 11.8 Å². The van der Waals surface area contributed by atoms with Gasteiger partial charge in [0, 0.05) is 39.3 Å². The highest BCUT2D eigenvalue weighted by Gasteiger charge is 2.26. The molecule has 120 valence electrons. The van der Waals surface area contributed by atoms with Gasteiger partial charge in [-0.1, -0.05) is 19.3 Å². The molecule has 21 heavy (non-hydrogen) atoms. The minimum Gasteiger partial charge on any atom is -0.342 e. The summed E-state index contributed by atoms with van der Waals surface area (Å²) in [7, 11) is 1.94. The zero-order valence-electron chi connectivity index (χ0n) is 13.1. The number of carbonyl (C=O) groups is 2. The first-order valence-corrected chi connectivity index (χ1v) is 8.07. The molecule has 0 spiro atoms. The predicted octanol–water partition coefficient (Wildman–Crippen LogP) is -0.120. The minimum atomic E-state index is 0.000278. The van der Waals surface area contributed by atoms with Crippen molar-refractivity contribution in [1.29, 1.82) is 0 Å². The topological polar surface area (TPSA) is 69.9 Å². The summed E-state index contributed by atoms with van der Waals surface area (Å²) in [5.41, 5.74) is 5.37. The Labute approximate surface area is 127 Å². The molecule has 0 bridgehead atoms. The molecular weight excluding hydrogens is 268 g/mol. The molecule has 0 aromatic carbocycles. The second-order valence-corrected chi connectivity index (χ2v) is 6.16. The Bertz CT molecular complexity index is 361. The highest BCUT2D eigenvalue weighted by Crippen LogP contribution is 2.21. The third-order valence-electron chi connectivity index (χ3n) is 4.77. The van der Waals surface area contributed by atoms with Crippen molar-refractivity contribution in [3.63, 3.8) is 0 Å². The molecule has 2 N–H and O–H groups in total. The number of hydrogen-bond donors (Lipinski definition) is 1. The smallest absolute Gasteiger partial charge is 0.236 e. The van der Waals surface area contributed by atoms with Gasteiger partial charge in [0.25, 0.3) is 0 Å². The number of likely N-dealkylation sites (N-methyl/N-ethyl adjacent to an activating group) is 1. The Morgan fingerprint density at radius 3 is 2.29 bits per heavy atom. The second kappa shape index (κ2) is 7.75. The SMILES string of the molecule is CN(C(=O)CN1CCN(C(=O)CN)CC1)C1CCCCC1. The lowest BCUT2D eigenvalue weighted by molar-refractivity contribution is -0.135. The zero-order chi connectivity index (χ0) is 15.2. The van der Waals surface area contributed by atoms with E-state index in [1.54, 1.807) is 4.90 Å². The Kier molecular flexibility index (Phi) is 5.99. The van der Waals surface area contributed by atoms with Gasteiger partial charge in [-0.05, 0) is 12.8 Å². The van der Waals surface area contributed by atoms with E-state index in [-0.39, 0.29) is 18.4 Å². The average Bonchev–Trinajstić information content (AvgIpc) is 2.55. The maximum absolute atomic E-state index is 12.4. The number of nitrogens with zero attached hydrogens (tertiary/aromatic N) is 3. The van der Waals surface area contributed by atoms with Crippen molar-refractivity contribution < 1.29 is 9.59 Å². The van der Waals surface area contributed by atoms with Crippen molar-refractivity contribution in [1.82, 2.24) is 14.7 Å². The molecule has 2 rings (SSSR count). The highest BCUT2D eigenvalue weighted by molar-refractivity contribution is 5.79. The largest absolute Gasteiger partial charge is 0.342 e. The van der Waals surface area contributed by atoms with Crippen molar-refractivity contribution in [2.45, 2.75) is 38.1 Å². The zero-order valence-corrected chi connectivity index (χ0v) is 13.1. The van der Waals surface area contributed by atoms with E-state index in [2.05, 4.69) is 4.90 Å². The number of piperazine rings is 1. The van der Waals surface area contributed by atoms with E-state index in [4.69, 9.17) is 5.73 Å². The lowest BCUT2D eigenvalue weighted by Gasteiger charge is -2.36. The molecule has 1 saturated heterocycles. The molecule has 6 nitrogen and oxygen atoms in total. The van der Waals surface area contributed by atoms with Crippen molar-refractivity contribution in [2.24, 2.45) is 5.73 Å². The van der Waals surface area contributed by atoms with Gasteiger partial charge in [0.05, 0.1) is 13.1 Å². The molecule has 0 aromatic heterocycles. The van der Waals surface area contributed by atoms with Crippen molar-refractivity contribution >= 4 is 11.8 Å². The van der Waals surface area contributed by atoms with Crippen molar-refractivity contribution in [3.05, 3.63) is 0 Å². The van der Waals surface area contributed by atoms with Gasteiger partial charge in [0.1, 0.15) is 0 Å². The molecule has 6 heteroatoms. The number of hydrogen-bond acceptors (Lipinski definition) is 4. The lowest BCUT2D eigenvalue weighted by Crippen LogP contribution is -2.53. The standard InChI is InChI=1S/C15H28N4O2/c1-17(13-5-3-2-4-6-13)15(21)12-18-7-9-19(10-8-18)14(20)11-16/h13H,2-12,16H2,1H3. The Morgan fingerprint density at radius 2 is 1.71 bits per heavy atom. The first-order valence-electron chi connectivity index (χ1n) is 8.07. The minimum absolute atomic E-state index is 0.000278. The molecule has 1 aliphatic heterocycles. The molecule has 1 heterocycles. The molecule has 1 saturated carbocycles. The van der Waals surface area contributed by atoms with E-state index in [0.717, 1.165) is 25.9 Å². The van der Waals surface area contributed by atoms with Crippen molar-refractivity contribution in [3.8, 4) is 0 Å². The molecule has 1 aliphatic carbocycles. The van der Waals surface area contributed by atoms with Crippen LogP contribution in [0.1, 0.15) is 32.1 Å². The van der Waals surface area contributed by atoms with Gasteiger partial charge in [-0.3, -0.25) is 14.5 Å². The summed E-state index contributed by atoms with van der Waals surface area (Å²) in [5, 5.41) is 0.